The summed E-state index contributed by atoms with van der Waals surface area (Å²) < 4.78 is 5.57. The van der Waals surface area contributed by atoms with Gasteiger partial charge in [0.05, 0.1) is 0 Å². The molecular weight excluding hydrogens is 193 g/mol. The van der Waals surface area contributed by atoms with E-state index in [2.05, 4.69) is 0 Å². The van der Waals surface area contributed by atoms with Gasteiger partial charge in [-0.05, 0) is 39.0 Å². The number of hydrogen-bond acceptors (Lipinski definition) is 4. The fourth-order valence-electron chi connectivity index (χ4n) is 1.19. The average Bonchev–Trinajstić information content (AvgIpc) is 2.05. The molecule has 0 amide bonds. The van der Waals surface area contributed by atoms with Crippen LogP contribution < -0.4 is 15.9 Å². The second-order valence-electron chi connectivity index (χ2n) is 4.38. The maximum absolute atomic E-state index is 9.05. The third kappa shape index (κ3) is 3.45. The molecule has 1 aromatic carbocycles. The molecule has 0 radical (unpaired) electrons. The molecule has 0 aromatic heterocycles. The summed E-state index contributed by atoms with van der Waals surface area (Å²) in [7, 11) is -1.58. The van der Waals surface area contributed by atoms with E-state index < -0.39 is 7.12 Å². The predicted octanol–water partition coefficient (Wildman–Crippen LogP) is 0.126. The van der Waals surface area contributed by atoms with Crippen LogP contribution in [0.1, 0.15) is 20.8 Å². The van der Waals surface area contributed by atoms with Crippen molar-refractivity contribution in [3.05, 3.63) is 18.2 Å². The number of benzene rings is 1. The highest BCUT2D eigenvalue weighted by Gasteiger charge is 2.17. The van der Waals surface area contributed by atoms with Gasteiger partial charge < -0.3 is 20.5 Å². The largest absolute Gasteiger partial charge is 0.490 e. The monoisotopic (exact) mass is 209 g/mol. The fraction of sp³-hybridized carbons (Fsp3) is 0.400. The van der Waals surface area contributed by atoms with E-state index in [0.717, 1.165) is 0 Å². The van der Waals surface area contributed by atoms with Gasteiger partial charge in [-0.2, -0.15) is 0 Å². The third-order valence-corrected chi connectivity index (χ3v) is 1.76. The van der Waals surface area contributed by atoms with Crippen molar-refractivity contribution in [2.24, 2.45) is 0 Å². The van der Waals surface area contributed by atoms with Gasteiger partial charge in [0, 0.05) is 11.2 Å². The molecule has 0 fully saturated rings. The molecule has 0 saturated heterocycles. The van der Waals surface area contributed by atoms with Crippen LogP contribution in [0.5, 0.6) is 5.75 Å². The number of ether oxygens (including phenoxy) is 1. The molecule has 4 nitrogen and oxygen atoms in total. The van der Waals surface area contributed by atoms with E-state index in [1.807, 2.05) is 20.8 Å². The Kier molecular flexibility index (Phi) is 3.26. The smallest absolute Gasteiger partial charge is 0.488 e. The van der Waals surface area contributed by atoms with Crippen molar-refractivity contribution in [1.82, 2.24) is 0 Å². The lowest BCUT2D eigenvalue weighted by molar-refractivity contribution is 0.131. The highest BCUT2D eigenvalue weighted by atomic mass is 16.5. The Morgan fingerprint density at radius 2 is 1.87 bits per heavy atom. The standard InChI is InChI=1S/C10H16BNO3/c1-10(2,3)15-7-4-5-9(12)8(6-7)11(13)14/h4-6,13-14H,12H2,1-3H3. The molecule has 0 saturated carbocycles. The molecule has 0 aliphatic carbocycles. The number of nitrogens with two attached hydrogens (primary N) is 1. The summed E-state index contributed by atoms with van der Waals surface area (Å²) in [6.45, 7) is 5.75. The predicted molar refractivity (Wildman–Crippen MR) is 61.1 cm³/mol. The second-order valence-corrected chi connectivity index (χ2v) is 4.38. The van der Waals surface area contributed by atoms with Crippen LogP contribution >= 0.6 is 0 Å². The summed E-state index contributed by atoms with van der Waals surface area (Å²) in [6, 6.07) is 4.83. The van der Waals surface area contributed by atoms with Gasteiger partial charge in [-0.25, -0.2) is 0 Å². The summed E-state index contributed by atoms with van der Waals surface area (Å²) >= 11 is 0. The summed E-state index contributed by atoms with van der Waals surface area (Å²) in [6.07, 6.45) is 0. The average molecular weight is 209 g/mol. The van der Waals surface area contributed by atoms with Crippen LogP contribution in [0.4, 0.5) is 5.69 Å². The number of anilines is 1. The first-order valence-corrected chi connectivity index (χ1v) is 4.74. The molecule has 0 spiro atoms. The molecule has 0 aliphatic heterocycles. The number of rotatable bonds is 2. The maximum atomic E-state index is 9.05. The Morgan fingerprint density at radius 3 is 2.33 bits per heavy atom. The Balaban J connectivity index is 2.98. The number of hydrogen-bond donors (Lipinski definition) is 3. The Bertz CT molecular complexity index is 347. The first-order valence-electron chi connectivity index (χ1n) is 4.74. The van der Waals surface area contributed by atoms with Crippen LogP contribution in [-0.2, 0) is 0 Å². The van der Waals surface area contributed by atoms with E-state index >= 15 is 0 Å². The second kappa shape index (κ2) is 4.12. The maximum Gasteiger partial charge on any atom is 0.490 e. The molecule has 0 unspecified atom stereocenters. The molecule has 0 atom stereocenters. The molecule has 1 rings (SSSR count). The van der Waals surface area contributed by atoms with Crippen LogP contribution in [0.2, 0.25) is 0 Å². The van der Waals surface area contributed by atoms with Crippen LogP contribution in [-0.4, -0.2) is 22.8 Å². The van der Waals surface area contributed by atoms with Crippen LogP contribution in [0, 0.1) is 0 Å². The van der Waals surface area contributed by atoms with Gasteiger partial charge in [0.15, 0.2) is 0 Å². The Hall–Kier alpha value is -1.20. The first kappa shape index (κ1) is 11.9. The molecule has 5 heteroatoms. The number of nitrogen functional groups attached to an aromatic ring is 1. The van der Waals surface area contributed by atoms with Crippen molar-refractivity contribution in [1.29, 1.82) is 0 Å². The van der Waals surface area contributed by atoms with Gasteiger partial charge in [0.25, 0.3) is 0 Å². The van der Waals surface area contributed by atoms with Gasteiger partial charge in [-0.15, -0.1) is 0 Å². The third-order valence-electron chi connectivity index (χ3n) is 1.76. The lowest BCUT2D eigenvalue weighted by Crippen LogP contribution is -2.33. The molecule has 15 heavy (non-hydrogen) atoms. The molecule has 0 heterocycles. The minimum absolute atomic E-state index is 0.261. The van der Waals surface area contributed by atoms with Crippen LogP contribution in [0.15, 0.2) is 18.2 Å². The summed E-state index contributed by atoms with van der Waals surface area (Å²) in [5.74, 6) is 0.569. The lowest BCUT2D eigenvalue weighted by atomic mass is 9.79. The van der Waals surface area contributed by atoms with Gasteiger partial charge in [-0.1, -0.05) is 0 Å². The minimum Gasteiger partial charge on any atom is -0.488 e. The van der Waals surface area contributed by atoms with Crippen LogP contribution in [0.3, 0.4) is 0 Å². The first-order chi connectivity index (χ1) is 6.79. The van der Waals surface area contributed by atoms with E-state index in [1.54, 1.807) is 12.1 Å². The zero-order valence-electron chi connectivity index (χ0n) is 9.19. The Labute approximate surface area is 89.8 Å². The van der Waals surface area contributed by atoms with E-state index in [4.69, 9.17) is 20.5 Å². The Morgan fingerprint density at radius 1 is 1.27 bits per heavy atom. The van der Waals surface area contributed by atoms with Crippen molar-refractivity contribution < 1.29 is 14.8 Å². The van der Waals surface area contributed by atoms with Gasteiger partial charge >= 0.3 is 7.12 Å². The summed E-state index contributed by atoms with van der Waals surface area (Å²) in [5.41, 5.74) is 5.85. The molecule has 1 aromatic rings. The highest BCUT2D eigenvalue weighted by Crippen LogP contribution is 2.18. The fourth-order valence-corrected chi connectivity index (χ4v) is 1.19. The zero-order chi connectivity index (χ0) is 11.6. The zero-order valence-corrected chi connectivity index (χ0v) is 9.19. The van der Waals surface area contributed by atoms with E-state index in [1.165, 1.54) is 6.07 Å². The molecule has 0 bridgehead atoms. The highest BCUT2D eigenvalue weighted by molar-refractivity contribution is 6.60. The molecular formula is C10H16BNO3. The molecule has 0 aliphatic rings. The van der Waals surface area contributed by atoms with E-state index in [9.17, 15) is 0 Å². The summed E-state index contributed by atoms with van der Waals surface area (Å²) in [4.78, 5) is 0. The van der Waals surface area contributed by atoms with Crippen molar-refractivity contribution in [3.63, 3.8) is 0 Å². The lowest BCUT2D eigenvalue weighted by Gasteiger charge is -2.22. The SMILES string of the molecule is CC(C)(C)Oc1ccc(N)c(B(O)O)c1. The molecule has 82 valence electrons. The molecule has 4 N–H and O–H groups in total. The van der Waals surface area contributed by atoms with E-state index in [-0.39, 0.29) is 11.1 Å². The van der Waals surface area contributed by atoms with Gasteiger partial charge in [0.1, 0.15) is 11.4 Å². The van der Waals surface area contributed by atoms with Crippen molar-refractivity contribution >= 4 is 18.3 Å². The van der Waals surface area contributed by atoms with Gasteiger partial charge in [0.2, 0.25) is 0 Å². The van der Waals surface area contributed by atoms with Gasteiger partial charge in [-0.3, -0.25) is 0 Å². The quantitative estimate of drug-likeness (QED) is 0.477. The van der Waals surface area contributed by atoms with Crippen molar-refractivity contribution in [3.8, 4) is 5.75 Å². The summed E-state index contributed by atoms with van der Waals surface area (Å²) in [5, 5.41) is 18.1. The van der Waals surface area contributed by atoms with Crippen molar-refractivity contribution in [2.75, 3.05) is 5.73 Å². The van der Waals surface area contributed by atoms with Crippen molar-refractivity contribution in [2.45, 2.75) is 26.4 Å². The topological polar surface area (TPSA) is 75.7 Å². The minimum atomic E-state index is -1.58. The van der Waals surface area contributed by atoms with E-state index in [0.29, 0.717) is 11.4 Å². The normalized spacial score (nSPS) is 11.3. The van der Waals surface area contributed by atoms with Crippen LogP contribution in [0.25, 0.3) is 0 Å².